The second-order valence-corrected chi connectivity index (χ2v) is 6.42. The van der Waals surface area contributed by atoms with Crippen molar-refractivity contribution in [2.24, 2.45) is 0 Å². The Morgan fingerprint density at radius 3 is 2.09 bits per heavy atom. The molecule has 0 aromatic heterocycles. The van der Waals surface area contributed by atoms with Gasteiger partial charge in [-0.2, -0.15) is 0 Å². The van der Waals surface area contributed by atoms with Crippen LogP contribution in [0.25, 0.3) is 5.57 Å². The molecule has 0 saturated carbocycles. The maximum atomic E-state index is 12.1. The molecule has 0 N–H and O–H groups in total. The largest absolute Gasteiger partial charge is 0.340 e. The third-order valence-electron chi connectivity index (χ3n) is 3.35. The predicted molar refractivity (Wildman–Crippen MR) is 96.0 cm³/mol. The zero-order valence-electron chi connectivity index (χ0n) is 13.2. The molecule has 0 unspecified atom stereocenters. The first-order valence-corrected chi connectivity index (χ1v) is 8.12. The van der Waals surface area contributed by atoms with Crippen molar-refractivity contribution < 1.29 is 4.79 Å². The van der Waals surface area contributed by atoms with Gasteiger partial charge in [0.1, 0.15) is 0 Å². The topological polar surface area (TPSA) is 20.3 Å². The van der Waals surface area contributed by atoms with Crippen molar-refractivity contribution in [3.8, 4) is 0 Å². The van der Waals surface area contributed by atoms with Gasteiger partial charge >= 0.3 is 0 Å². The Kier molecular flexibility index (Phi) is 5.84. The van der Waals surface area contributed by atoms with E-state index >= 15 is 0 Å². The normalized spacial score (nSPS) is 12.8. The van der Waals surface area contributed by atoms with Gasteiger partial charge in [-0.1, -0.05) is 78.5 Å². The number of benzene rings is 2. The van der Waals surface area contributed by atoms with Crippen LogP contribution in [0.1, 0.15) is 23.3 Å². The molecule has 0 saturated heterocycles. The molecular weight excluding hydrogens is 290 g/mol. The number of amides is 1. The highest BCUT2D eigenvalue weighted by molar-refractivity contribution is 8.13. The van der Waals surface area contributed by atoms with E-state index in [-0.39, 0.29) is 10.5 Å². The van der Waals surface area contributed by atoms with E-state index in [1.807, 2.05) is 36.4 Å². The van der Waals surface area contributed by atoms with E-state index in [0.29, 0.717) is 0 Å². The van der Waals surface area contributed by atoms with Crippen molar-refractivity contribution >= 4 is 22.6 Å². The number of thioether (sulfide) groups is 1. The monoisotopic (exact) mass is 311 g/mol. The molecular formula is C19H21NOS. The van der Waals surface area contributed by atoms with Gasteiger partial charge in [0.05, 0.1) is 5.25 Å². The fourth-order valence-corrected chi connectivity index (χ4v) is 3.07. The van der Waals surface area contributed by atoms with Gasteiger partial charge in [-0.25, -0.2) is 0 Å². The first-order chi connectivity index (χ1) is 10.6. The van der Waals surface area contributed by atoms with Gasteiger partial charge in [0.25, 0.3) is 5.24 Å². The highest BCUT2D eigenvalue weighted by atomic mass is 32.2. The third kappa shape index (κ3) is 4.50. The van der Waals surface area contributed by atoms with Gasteiger partial charge in [0.2, 0.25) is 0 Å². The summed E-state index contributed by atoms with van der Waals surface area (Å²) in [5, 5.41) is 0.0715. The SMILES string of the molecule is C/C(=C/[C@H](SC(=O)N(C)C)c1ccccc1)c1ccccc1. The highest BCUT2D eigenvalue weighted by Gasteiger charge is 2.16. The van der Waals surface area contributed by atoms with Crippen LogP contribution < -0.4 is 0 Å². The van der Waals surface area contributed by atoms with E-state index < -0.39 is 0 Å². The molecule has 3 heteroatoms. The molecule has 0 bridgehead atoms. The lowest BCUT2D eigenvalue weighted by atomic mass is 10.0. The van der Waals surface area contributed by atoms with Crippen LogP contribution in [0.4, 0.5) is 4.79 Å². The molecule has 22 heavy (non-hydrogen) atoms. The summed E-state index contributed by atoms with van der Waals surface area (Å²) in [7, 11) is 3.57. The lowest BCUT2D eigenvalue weighted by Gasteiger charge is -2.17. The van der Waals surface area contributed by atoms with E-state index in [9.17, 15) is 4.79 Å². The van der Waals surface area contributed by atoms with Crippen LogP contribution in [0.15, 0.2) is 66.7 Å². The average Bonchev–Trinajstić information content (AvgIpc) is 2.55. The number of hydrogen-bond acceptors (Lipinski definition) is 2. The molecule has 0 spiro atoms. The van der Waals surface area contributed by atoms with Crippen LogP contribution in [0.3, 0.4) is 0 Å². The highest BCUT2D eigenvalue weighted by Crippen LogP contribution is 2.34. The van der Waals surface area contributed by atoms with Gasteiger partial charge < -0.3 is 4.90 Å². The van der Waals surface area contributed by atoms with E-state index in [2.05, 4.69) is 37.3 Å². The summed E-state index contributed by atoms with van der Waals surface area (Å²) in [6.07, 6.45) is 2.16. The van der Waals surface area contributed by atoms with E-state index in [1.54, 1.807) is 19.0 Å². The summed E-state index contributed by atoms with van der Waals surface area (Å²) in [5.74, 6) is 0. The Morgan fingerprint density at radius 2 is 1.55 bits per heavy atom. The molecule has 0 aliphatic carbocycles. The zero-order valence-corrected chi connectivity index (χ0v) is 14.0. The molecule has 2 nitrogen and oxygen atoms in total. The van der Waals surface area contributed by atoms with E-state index in [4.69, 9.17) is 0 Å². The summed E-state index contributed by atoms with van der Waals surface area (Å²) in [6.45, 7) is 2.09. The number of allylic oxidation sites excluding steroid dienone is 1. The Bertz CT molecular complexity index is 635. The van der Waals surface area contributed by atoms with Crippen LogP contribution in [-0.2, 0) is 0 Å². The summed E-state index contributed by atoms with van der Waals surface area (Å²) in [5.41, 5.74) is 3.49. The van der Waals surface area contributed by atoms with Gasteiger partial charge in [0.15, 0.2) is 0 Å². The summed E-state index contributed by atoms with van der Waals surface area (Å²) in [6, 6.07) is 20.4. The van der Waals surface area contributed by atoms with Gasteiger partial charge in [-0.15, -0.1) is 0 Å². The van der Waals surface area contributed by atoms with Crippen LogP contribution in [0, 0.1) is 0 Å². The minimum Gasteiger partial charge on any atom is -0.340 e. The lowest BCUT2D eigenvalue weighted by molar-refractivity contribution is 0.241. The lowest BCUT2D eigenvalue weighted by Crippen LogP contribution is -2.17. The van der Waals surface area contributed by atoms with Gasteiger partial charge in [0, 0.05) is 14.1 Å². The molecule has 1 amide bonds. The molecule has 0 radical (unpaired) electrons. The number of hydrogen-bond donors (Lipinski definition) is 0. The number of rotatable bonds is 4. The molecule has 0 fully saturated rings. The third-order valence-corrected chi connectivity index (χ3v) is 4.58. The van der Waals surface area contributed by atoms with Crippen molar-refractivity contribution in [1.29, 1.82) is 0 Å². The van der Waals surface area contributed by atoms with Crippen molar-refractivity contribution in [3.63, 3.8) is 0 Å². The van der Waals surface area contributed by atoms with Crippen molar-refractivity contribution in [2.75, 3.05) is 14.1 Å². The zero-order chi connectivity index (χ0) is 15.9. The van der Waals surface area contributed by atoms with Crippen LogP contribution in [0.5, 0.6) is 0 Å². The average molecular weight is 311 g/mol. The maximum absolute atomic E-state index is 12.1. The molecule has 0 heterocycles. The minimum absolute atomic E-state index is 0.0105. The Morgan fingerprint density at radius 1 is 1.00 bits per heavy atom. The first kappa shape index (κ1) is 16.4. The molecule has 114 valence electrons. The molecule has 0 aliphatic rings. The quantitative estimate of drug-likeness (QED) is 0.769. The number of carbonyl (C=O) groups is 1. The summed E-state index contributed by atoms with van der Waals surface area (Å²) < 4.78 is 0. The van der Waals surface area contributed by atoms with Crippen LogP contribution >= 0.6 is 11.8 Å². The molecule has 2 aromatic carbocycles. The van der Waals surface area contributed by atoms with Gasteiger partial charge in [-0.05, 0) is 23.6 Å². The Hall–Kier alpha value is -2.00. The number of carbonyl (C=O) groups excluding carboxylic acids is 1. The summed E-state index contributed by atoms with van der Waals surface area (Å²) in [4.78, 5) is 13.7. The summed E-state index contributed by atoms with van der Waals surface area (Å²) >= 11 is 1.34. The maximum Gasteiger partial charge on any atom is 0.282 e. The van der Waals surface area contributed by atoms with Crippen molar-refractivity contribution in [2.45, 2.75) is 12.2 Å². The fourth-order valence-electron chi connectivity index (χ4n) is 2.08. The van der Waals surface area contributed by atoms with Crippen molar-refractivity contribution in [3.05, 3.63) is 77.9 Å². The predicted octanol–water partition coefficient (Wildman–Crippen LogP) is 5.25. The van der Waals surface area contributed by atoms with Crippen molar-refractivity contribution in [1.82, 2.24) is 4.90 Å². The van der Waals surface area contributed by atoms with E-state index in [0.717, 1.165) is 5.56 Å². The fraction of sp³-hybridized carbons (Fsp3) is 0.211. The smallest absolute Gasteiger partial charge is 0.282 e. The van der Waals surface area contributed by atoms with Gasteiger partial charge in [-0.3, -0.25) is 4.79 Å². The van der Waals surface area contributed by atoms with E-state index in [1.165, 1.54) is 22.9 Å². The molecule has 2 rings (SSSR count). The minimum atomic E-state index is 0.0105. The van der Waals surface area contributed by atoms with Crippen LogP contribution in [-0.4, -0.2) is 24.2 Å². The first-order valence-electron chi connectivity index (χ1n) is 7.24. The molecule has 1 atom stereocenters. The van der Waals surface area contributed by atoms with Crippen LogP contribution in [0.2, 0.25) is 0 Å². The Balaban J connectivity index is 2.30. The second-order valence-electron chi connectivity index (χ2n) is 5.33. The molecule has 2 aromatic rings. The second kappa shape index (κ2) is 7.85. The Labute approximate surface area is 136 Å². The standard InChI is InChI=1S/C19H21NOS/c1-15(16-10-6-4-7-11-16)14-18(22-19(21)20(2)3)17-12-8-5-9-13-17/h4-14,18H,1-3H3/b15-14-/t18-/m0/s1. The molecule has 0 aliphatic heterocycles. The number of nitrogens with zero attached hydrogens (tertiary/aromatic N) is 1.